The molecule has 2 aromatic carbocycles. The molecule has 1 saturated heterocycles. The van der Waals surface area contributed by atoms with E-state index in [0.717, 1.165) is 24.5 Å². The zero-order valence-corrected chi connectivity index (χ0v) is 12.7. The third-order valence-corrected chi connectivity index (χ3v) is 4.10. The van der Waals surface area contributed by atoms with Gasteiger partial charge in [-0.3, -0.25) is 10.1 Å². The summed E-state index contributed by atoms with van der Waals surface area (Å²) < 4.78 is 0. The molecule has 0 radical (unpaired) electrons. The molecule has 1 heterocycles. The second-order valence-corrected chi connectivity index (χ2v) is 5.63. The van der Waals surface area contributed by atoms with Crippen molar-refractivity contribution in [1.29, 1.82) is 0 Å². The van der Waals surface area contributed by atoms with Crippen molar-refractivity contribution in [2.45, 2.75) is 18.9 Å². The van der Waals surface area contributed by atoms with Crippen LogP contribution in [-0.4, -0.2) is 19.1 Å². The van der Waals surface area contributed by atoms with Crippen molar-refractivity contribution in [1.82, 2.24) is 10.6 Å². The fraction of sp³-hybridized carbons (Fsp3) is 0.278. The molecule has 1 fully saturated rings. The lowest BCUT2D eigenvalue weighted by atomic mass is 10.0. The first-order chi connectivity index (χ1) is 10.7. The quantitative estimate of drug-likeness (QED) is 0.813. The van der Waals surface area contributed by atoms with Gasteiger partial charge in [-0.2, -0.15) is 0 Å². The summed E-state index contributed by atoms with van der Waals surface area (Å²) in [5, 5.41) is 9.63. The van der Waals surface area contributed by atoms with E-state index in [0.29, 0.717) is 6.04 Å². The molecular formula is C18H21N3O. The van der Waals surface area contributed by atoms with E-state index in [9.17, 15) is 4.79 Å². The van der Waals surface area contributed by atoms with Crippen LogP contribution in [0.4, 0.5) is 5.69 Å². The Bertz CT molecular complexity index is 619. The zero-order chi connectivity index (χ0) is 15.4. The minimum atomic E-state index is -0.165. The molecule has 22 heavy (non-hydrogen) atoms. The molecule has 2 aromatic rings. The van der Waals surface area contributed by atoms with E-state index in [1.807, 2.05) is 49.4 Å². The van der Waals surface area contributed by atoms with Crippen LogP contribution in [0.2, 0.25) is 0 Å². The maximum Gasteiger partial charge on any atom is 0.231 e. The van der Waals surface area contributed by atoms with Gasteiger partial charge in [0.15, 0.2) is 0 Å². The molecule has 4 heteroatoms. The monoisotopic (exact) mass is 295 g/mol. The first kappa shape index (κ1) is 14.8. The molecule has 0 aromatic heterocycles. The van der Waals surface area contributed by atoms with Crippen molar-refractivity contribution < 1.29 is 4.79 Å². The summed E-state index contributed by atoms with van der Waals surface area (Å²) in [6.07, 6.45) is 0. The average Bonchev–Trinajstić information content (AvgIpc) is 3.10. The van der Waals surface area contributed by atoms with Gasteiger partial charge in [0.1, 0.15) is 0 Å². The lowest BCUT2D eigenvalue weighted by Gasteiger charge is -2.14. The van der Waals surface area contributed by atoms with Crippen LogP contribution in [0.25, 0.3) is 0 Å². The zero-order valence-electron chi connectivity index (χ0n) is 12.7. The fourth-order valence-corrected chi connectivity index (χ4v) is 2.66. The fourth-order valence-electron chi connectivity index (χ4n) is 2.66. The number of hydrogen-bond donors (Lipinski definition) is 3. The van der Waals surface area contributed by atoms with Crippen molar-refractivity contribution in [3.63, 3.8) is 0 Å². The standard InChI is InChI=1S/C18H21N3O/c1-13(14-5-3-2-4-6-14)18(22)21-16-9-7-15(8-10-16)17-11-19-12-20-17/h2-10,13,17,19-20H,11-12H2,1H3,(H,21,22). The second kappa shape index (κ2) is 6.73. The molecule has 0 spiro atoms. The third kappa shape index (κ3) is 3.35. The smallest absolute Gasteiger partial charge is 0.231 e. The summed E-state index contributed by atoms with van der Waals surface area (Å²) in [5.41, 5.74) is 3.10. The molecule has 114 valence electrons. The van der Waals surface area contributed by atoms with E-state index in [1.54, 1.807) is 0 Å². The molecule has 3 rings (SSSR count). The van der Waals surface area contributed by atoms with Crippen LogP contribution in [0.1, 0.15) is 30.0 Å². The maximum absolute atomic E-state index is 12.3. The number of hydrogen-bond acceptors (Lipinski definition) is 3. The summed E-state index contributed by atoms with van der Waals surface area (Å²) in [4.78, 5) is 12.3. The highest BCUT2D eigenvalue weighted by atomic mass is 16.1. The lowest BCUT2D eigenvalue weighted by Crippen LogP contribution is -2.19. The van der Waals surface area contributed by atoms with Gasteiger partial charge in [0.2, 0.25) is 5.91 Å². The van der Waals surface area contributed by atoms with Crippen LogP contribution in [0.15, 0.2) is 54.6 Å². The highest BCUT2D eigenvalue weighted by Crippen LogP contribution is 2.20. The van der Waals surface area contributed by atoms with Crippen molar-refractivity contribution in [3.8, 4) is 0 Å². The van der Waals surface area contributed by atoms with Crippen LogP contribution < -0.4 is 16.0 Å². The van der Waals surface area contributed by atoms with Gasteiger partial charge in [-0.15, -0.1) is 0 Å². The molecule has 0 aliphatic carbocycles. The summed E-state index contributed by atoms with van der Waals surface area (Å²) in [6, 6.07) is 18.2. The molecule has 1 aliphatic heterocycles. The van der Waals surface area contributed by atoms with Crippen molar-refractivity contribution >= 4 is 11.6 Å². The number of anilines is 1. The Morgan fingerprint density at radius 3 is 2.50 bits per heavy atom. The Morgan fingerprint density at radius 1 is 1.14 bits per heavy atom. The molecule has 0 bridgehead atoms. The van der Waals surface area contributed by atoms with Crippen LogP contribution in [0, 0.1) is 0 Å². The molecule has 1 aliphatic rings. The lowest BCUT2D eigenvalue weighted by molar-refractivity contribution is -0.117. The molecular weight excluding hydrogens is 274 g/mol. The molecule has 0 saturated carbocycles. The number of nitrogens with one attached hydrogen (secondary N) is 3. The van der Waals surface area contributed by atoms with Gasteiger partial charge in [0.05, 0.1) is 5.92 Å². The van der Waals surface area contributed by atoms with Crippen molar-refractivity contribution in [2.24, 2.45) is 0 Å². The summed E-state index contributed by atoms with van der Waals surface area (Å²) in [5.74, 6) is -0.152. The van der Waals surface area contributed by atoms with Gasteiger partial charge in [0, 0.05) is 24.9 Å². The first-order valence-electron chi connectivity index (χ1n) is 7.64. The van der Waals surface area contributed by atoms with Gasteiger partial charge < -0.3 is 10.6 Å². The van der Waals surface area contributed by atoms with Crippen LogP contribution in [0.3, 0.4) is 0 Å². The Hall–Kier alpha value is -2.17. The largest absolute Gasteiger partial charge is 0.326 e. The Labute approximate surface area is 130 Å². The number of carbonyl (C=O) groups excluding carboxylic acids is 1. The third-order valence-electron chi connectivity index (χ3n) is 4.10. The summed E-state index contributed by atoms with van der Waals surface area (Å²) in [6.45, 7) is 3.71. The molecule has 4 nitrogen and oxygen atoms in total. The van der Waals surface area contributed by atoms with E-state index in [4.69, 9.17) is 0 Å². The minimum Gasteiger partial charge on any atom is -0.326 e. The van der Waals surface area contributed by atoms with E-state index >= 15 is 0 Å². The summed E-state index contributed by atoms with van der Waals surface area (Å²) in [7, 11) is 0. The number of rotatable bonds is 4. The maximum atomic E-state index is 12.3. The van der Waals surface area contributed by atoms with Crippen LogP contribution >= 0.6 is 0 Å². The van der Waals surface area contributed by atoms with E-state index in [2.05, 4.69) is 28.1 Å². The highest BCUT2D eigenvalue weighted by molar-refractivity contribution is 5.95. The van der Waals surface area contributed by atoms with Crippen molar-refractivity contribution in [3.05, 3.63) is 65.7 Å². The number of benzene rings is 2. The second-order valence-electron chi connectivity index (χ2n) is 5.63. The van der Waals surface area contributed by atoms with Crippen LogP contribution in [-0.2, 0) is 4.79 Å². The van der Waals surface area contributed by atoms with Gasteiger partial charge >= 0.3 is 0 Å². The molecule has 2 unspecified atom stereocenters. The van der Waals surface area contributed by atoms with Crippen molar-refractivity contribution in [2.75, 3.05) is 18.5 Å². The molecule has 3 N–H and O–H groups in total. The van der Waals surface area contributed by atoms with E-state index in [1.165, 1.54) is 5.56 Å². The average molecular weight is 295 g/mol. The van der Waals surface area contributed by atoms with Crippen LogP contribution in [0.5, 0.6) is 0 Å². The first-order valence-corrected chi connectivity index (χ1v) is 7.64. The summed E-state index contributed by atoms with van der Waals surface area (Å²) >= 11 is 0. The predicted molar refractivity (Wildman–Crippen MR) is 88.7 cm³/mol. The van der Waals surface area contributed by atoms with Gasteiger partial charge in [0.25, 0.3) is 0 Å². The Kier molecular flexibility index (Phi) is 4.51. The normalized spacial score (nSPS) is 18.9. The minimum absolute atomic E-state index is 0.0135. The predicted octanol–water partition coefficient (Wildman–Crippen LogP) is 2.62. The SMILES string of the molecule is CC(C(=O)Nc1ccc(C2CNCN2)cc1)c1ccccc1. The number of amides is 1. The molecule has 2 atom stereocenters. The highest BCUT2D eigenvalue weighted by Gasteiger charge is 2.17. The topological polar surface area (TPSA) is 53.2 Å². The molecule has 1 amide bonds. The van der Waals surface area contributed by atoms with Gasteiger partial charge in [-0.1, -0.05) is 42.5 Å². The van der Waals surface area contributed by atoms with E-state index < -0.39 is 0 Å². The van der Waals surface area contributed by atoms with Gasteiger partial charge in [-0.25, -0.2) is 0 Å². The van der Waals surface area contributed by atoms with Gasteiger partial charge in [-0.05, 0) is 30.2 Å². The Balaban J connectivity index is 1.64. The Morgan fingerprint density at radius 2 is 1.86 bits per heavy atom. The number of carbonyl (C=O) groups is 1. The van der Waals surface area contributed by atoms with E-state index in [-0.39, 0.29) is 11.8 Å².